The van der Waals surface area contributed by atoms with Crippen LogP contribution in [0.2, 0.25) is 0 Å². The van der Waals surface area contributed by atoms with E-state index in [0.29, 0.717) is 0 Å². The van der Waals surface area contributed by atoms with Crippen molar-refractivity contribution >= 4 is 97.1 Å². The van der Waals surface area contributed by atoms with Crippen LogP contribution in [-0.4, -0.2) is 0 Å². The zero-order valence-corrected chi connectivity index (χ0v) is 31.2. The maximum atomic E-state index is 2.51. The summed E-state index contributed by atoms with van der Waals surface area (Å²) >= 11 is 3.89. The predicted octanol–water partition coefficient (Wildman–Crippen LogP) is 14.6. The van der Waals surface area contributed by atoms with E-state index in [9.17, 15) is 0 Å². The lowest BCUT2D eigenvalue weighted by atomic mass is 9.73. The van der Waals surface area contributed by atoms with Crippen LogP contribution in [0.4, 0.5) is 34.1 Å². The van der Waals surface area contributed by atoms with Gasteiger partial charge in [0.25, 0.3) is 0 Å². The highest BCUT2D eigenvalue weighted by molar-refractivity contribution is 7.28. The Bertz CT molecular complexity index is 2710. The second-order valence-corrected chi connectivity index (χ2v) is 17.5. The average molecular weight is 705 g/mol. The van der Waals surface area contributed by atoms with Crippen LogP contribution >= 0.6 is 22.7 Å². The smallest absolute Gasteiger partial charge is 0.0681 e. The van der Waals surface area contributed by atoms with Crippen molar-refractivity contribution in [2.45, 2.75) is 38.5 Å². The van der Waals surface area contributed by atoms with Crippen LogP contribution in [-0.2, 0) is 10.8 Å². The Morgan fingerprint density at radius 3 is 1.19 bits per heavy atom. The van der Waals surface area contributed by atoms with Crippen LogP contribution in [0.3, 0.4) is 0 Å². The zero-order chi connectivity index (χ0) is 34.9. The van der Waals surface area contributed by atoms with Crippen molar-refractivity contribution in [2.24, 2.45) is 0 Å². The van der Waals surface area contributed by atoms with Gasteiger partial charge in [-0.3, -0.25) is 0 Å². The molecule has 2 nitrogen and oxygen atoms in total. The lowest BCUT2D eigenvalue weighted by molar-refractivity contribution is 0.633. The van der Waals surface area contributed by atoms with Gasteiger partial charge >= 0.3 is 0 Å². The van der Waals surface area contributed by atoms with Gasteiger partial charge in [0, 0.05) is 53.1 Å². The second-order valence-electron chi connectivity index (χ2n) is 15.4. The number of rotatable bonds is 2. The summed E-state index contributed by atoms with van der Waals surface area (Å²) in [4.78, 5) is 5.02. The molecule has 0 fully saturated rings. The third-order valence-corrected chi connectivity index (χ3v) is 14.2. The molecule has 0 radical (unpaired) electrons. The Morgan fingerprint density at radius 2 is 0.769 bits per heavy atom. The standard InChI is InChI=1S/C48H36N2S2/c1-47(2)35-19-11-13-21-39(35)49(29-15-7-5-8-16-29)43-37(47)25-23-31-33-27-42-34(28-41(33)51-45(31)43)32-24-26-38-44(46(32)52-42)50(30-17-9-6-10-18-30)40-22-14-12-20-36(40)48(38,3)4/h5-28H,1-4H3. The molecule has 2 aliphatic rings. The van der Waals surface area contributed by atoms with Gasteiger partial charge in [0.15, 0.2) is 0 Å². The SMILES string of the molecule is CC1(C)c2ccccc2N(c2ccccc2)c2c1ccc1c2sc2cc3c(cc21)sc1c2c(ccc13)C(C)(C)c1ccccc1N2c1ccccc1. The van der Waals surface area contributed by atoms with Gasteiger partial charge in [0.05, 0.1) is 32.1 Å². The Hall–Kier alpha value is -5.42. The minimum absolute atomic E-state index is 0.131. The van der Waals surface area contributed by atoms with E-state index < -0.39 is 0 Å². The van der Waals surface area contributed by atoms with Crippen molar-refractivity contribution in [3.8, 4) is 0 Å². The molecule has 0 atom stereocenters. The Labute approximate surface area is 311 Å². The van der Waals surface area contributed by atoms with E-state index >= 15 is 0 Å². The number of nitrogens with zero attached hydrogens (tertiary/aromatic N) is 2. The Morgan fingerprint density at radius 1 is 0.385 bits per heavy atom. The molecule has 250 valence electrons. The highest BCUT2D eigenvalue weighted by Gasteiger charge is 2.40. The molecule has 52 heavy (non-hydrogen) atoms. The highest BCUT2D eigenvalue weighted by atomic mass is 32.1. The fourth-order valence-electron chi connectivity index (χ4n) is 9.21. The average Bonchev–Trinajstić information content (AvgIpc) is 3.72. The molecule has 4 heteroatoms. The van der Waals surface area contributed by atoms with Gasteiger partial charge in [-0.15, -0.1) is 22.7 Å². The van der Waals surface area contributed by atoms with Crippen LogP contribution in [0.1, 0.15) is 49.9 Å². The number of thiophene rings is 2. The molecule has 0 unspecified atom stereocenters. The number of hydrogen-bond acceptors (Lipinski definition) is 4. The molecule has 2 aliphatic heterocycles. The van der Waals surface area contributed by atoms with Crippen LogP contribution in [0.15, 0.2) is 146 Å². The van der Waals surface area contributed by atoms with Crippen LogP contribution < -0.4 is 9.80 Å². The first-order chi connectivity index (χ1) is 25.3. The van der Waals surface area contributed by atoms with Gasteiger partial charge in [-0.25, -0.2) is 0 Å². The van der Waals surface area contributed by atoms with Crippen molar-refractivity contribution in [1.82, 2.24) is 0 Å². The number of hydrogen-bond donors (Lipinski definition) is 0. The summed E-state index contributed by atoms with van der Waals surface area (Å²) in [5.41, 5.74) is 12.7. The molecule has 0 amide bonds. The predicted molar refractivity (Wildman–Crippen MR) is 226 cm³/mol. The van der Waals surface area contributed by atoms with E-state index in [-0.39, 0.29) is 10.8 Å². The van der Waals surface area contributed by atoms with Crippen LogP contribution in [0.25, 0.3) is 40.3 Å². The summed E-state index contributed by atoms with van der Waals surface area (Å²) in [6.07, 6.45) is 0. The summed E-state index contributed by atoms with van der Waals surface area (Å²) < 4.78 is 5.38. The van der Waals surface area contributed by atoms with Crippen molar-refractivity contribution in [3.05, 3.63) is 168 Å². The van der Waals surface area contributed by atoms with Gasteiger partial charge in [-0.05, 0) is 70.8 Å². The first kappa shape index (κ1) is 30.2. The first-order valence-corrected chi connectivity index (χ1v) is 19.7. The number of fused-ring (bicyclic) bond motifs is 12. The quantitative estimate of drug-likeness (QED) is 0.177. The Balaban J connectivity index is 1.18. The Kier molecular flexibility index (Phi) is 6.14. The zero-order valence-electron chi connectivity index (χ0n) is 29.6. The van der Waals surface area contributed by atoms with E-state index in [4.69, 9.17) is 0 Å². The molecular weight excluding hydrogens is 669 g/mol. The lowest BCUT2D eigenvalue weighted by Crippen LogP contribution is -2.30. The molecule has 0 N–H and O–H groups in total. The van der Waals surface area contributed by atoms with Crippen LogP contribution in [0.5, 0.6) is 0 Å². The first-order valence-electron chi connectivity index (χ1n) is 18.1. The summed E-state index contributed by atoms with van der Waals surface area (Å²) in [5, 5.41) is 5.34. The van der Waals surface area contributed by atoms with Crippen LogP contribution in [0, 0.1) is 0 Å². The third kappa shape index (κ3) is 3.94. The fraction of sp³-hybridized carbons (Fsp3) is 0.125. The minimum Gasteiger partial charge on any atom is -0.308 e. The van der Waals surface area contributed by atoms with E-state index in [1.807, 2.05) is 22.7 Å². The van der Waals surface area contributed by atoms with E-state index in [1.165, 1.54) is 96.7 Å². The number of anilines is 6. The molecule has 7 aromatic carbocycles. The highest BCUT2D eigenvalue weighted by Crippen LogP contribution is 2.59. The molecular formula is C48H36N2S2. The largest absolute Gasteiger partial charge is 0.308 e. The minimum atomic E-state index is -0.131. The molecule has 11 rings (SSSR count). The summed E-state index contributed by atoms with van der Waals surface area (Å²) in [6.45, 7) is 9.53. The van der Waals surface area contributed by atoms with Crippen molar-refractivity contribution in [1.29, 1.82) is 0 Å². The van der Waals surface area contributed by atoms with Crippen molar-refractivity contribution in [2.75, 3.05) is 9.80 Å². The fourth-order valence-corrected chi connectivity index (χ4v) is 11.7. The lowest BCUT2D eigenvalue weighted by Gasteiger charge is -2.42. The van der Waals surface area contributed by atoms with Gasteiger partial charge in [-0.1, -0.05) is 125 Å². The maximum absolute atomic E-state index is 2.51. The number of para-hydroxylation sites is 4. The maximum Gasteiger partial charge on any atom is 0.0681 e. The van der Waals surface area contributed by atoms with Gasteiger partial charge in [-0.2, -0.15) is 0 Å². The molecule has 0 bridgehead atoms. The second kappa shape index (κ2) is 10.6. The monoisotopic (exact) mass is 704 g/mol. The van der Waals surface area contributed by atoms with Gasteiger partial charge in [0.2, 0.25) is 0 Å². The molecule has 0 saturated carbocycles. The summed E-state index contributed by atoms with van der Waals surface area (Å²) in [5.74, 6) is 0. The summed E-state index contributed by atoms with van der Waals surface area (Å²) in [7, 11) is 0. The third-order valence-electron chi connectivity index (χ3n) is 11.8. The van der Waals surface area contributed by atoms with E-state index in [0.717, 1.165) is 0 Å². The molecule has 9 aromatic rings. The molecule has 0 spiro atoms. The van der Waals surface area contributed by atoms with Crippen molar-refractivity contribution in [3.63, 3.8) is 0 Å². The van der Waals surface area contributed by atoms with Crippen molar-refractivity contribution < 1.29 is 0 Å². The molecule has 2 aromatic heterocycles. The molecule has 4 heterocycles. The molecule has 0 aliphatic carbocycles. The van der Waals surface area contributed by atoms with Gasteiger partial charge < -0.3 is 9.80 Å². The summed E-state index contributed by atoms with van der Waals surface area (Å²) in [6, 6.07) is 54.3. The topological polar surface area (TPSA) is 6.48 Å². The van der Waals surface area contributed by atoms with Gasteiger partial charge in [0.1, 0.15) is 0 Å². The van der Waals surface area contributed by atoms with E-state index in [1.54, 1.807) is 0 Å². The number of benzene rings is 7. The van der Waals surface area contributed by atoms with E-state index in [2.05, 4.69) is 183 Å². The normalized spacial score (nSPS) is 15.5. The molecule has 0 saturated heterocycles.